The molecule has 2 aromatic carbocycles. The molecule has 7 heteroatoms. The third-order valence-corrected chi connectivity index (χ3v) is 4.75. The summed E-state index contributed by atoms with van der Waals surface area (Å²) in [4.78, 5) is 16.7. The first-order valence-electron chi connectivity index (χ1n) is 11.3. The Kier molecular flexibility index (Phi) is 10.9. The second-order valence-electron chi connectivity index (χ2n) is 7.20. The highest BCUT2D eigenvalue weighted by Gasteiger charge is 2.07. The molecule has 0 saturated heterocycles. The summed E-state index contributed by atoms with van der Waals surface area (Å²) in [6.45, 7) is 9.20. The van der Waals surface area contributed by atoms with E-state index in [-0.39, 0.29) is 5.91 Å². The van der Waals surface area contributed by atoms with E-state index in [0.717, 1.165) is 49.0 Å². The minimum absolute atomic E-state index is 0.0608. The Bertz CT molecular complexity index is 883. The lowest BCUT2D eigenvalue weighted by atomic mass is 10.1. The van der Waals surface area contributed by atoms with E-state index in [1.54, 1.807) is 7.11 Å². The fourth-order valence-corrected chi connectivity index (χ4v) is 3.23. The monoisotopic (exact) mass is 440 g/mol. The Morgan fingerprint density at radius 1 is 0.938 bits per heavy atom. The summed E-state index contributed by atoms with van der Waals surface area (Å²) in [6.07, 6.45) is 1.88. The molecule has 0 radical (unpaired) electrons. The van der Waals surface area contributed by atoms with Crippen LogP contribution in [0.15, 0.2) is 47.5 Å². The molecule has 0 bridgehead atoms. The molecule has 0 atom stereocenters. The van der Waals surface area contributed by atoms with Crippen LogP contribution in [-0.4, -0.2) is 45.2 Å². The van der Waals surface area contributed by atoms with Gasteiger partial charge in [0.2, 0.25) is 0 Å². The summed E-state index contributed by atoms with van der Waals surface area (Å²) in [5.74, 6) is 2.24. The van der Waals surface area contributed by atoms with E-state index in [1.165, 1.54) is 5.56 Å². The molecule has 2 rings (SSSR count). The minimum Gasteiger partial charge on any atom is -0.493 e. The zero-order chi connectivity index (χ0) is 23.2. The van der Waals surface area contributed by atoms with Crippen LogP contribution < -0.4 is 25.4 Å². The molecule has 0 aromatic heterocycles. The Balaban J connectivity index is 1.90. The Morgan fingerprint density at radius 3 is 2.47 bits per heavy atom. The van der Waals surface area contributed by atoms with Crippen LogP contribution in [-0.2, 0) is 13.0 Å². The second kappa shape index (κ2) is 14.0. The number of nitrogens with one attached hydrogen (secondary N) is 3. The summed E-state index contributed by atoms with van der Waals surface area (Å²) in [5.41, 5.74) is 2.86. The molecule has 0 aliphatic heterocycles. The van der Waals surface area contributed by atoms with Crippen LogP contribution in [0, 0.1) is 0 Å². The van der Waals surface area contributed by atoms with E-state index in [9.17, 15) is 4.79 Å². The smallest absolute Gasteiger partial charge is 0.251 e. The molecule has 0 fully saturated rings. The van der Waals surface area contributed by atoms with Crippen molar-refractivity contribution < 1.29 is 14.3 Å². The summed E-state index contributed by atoms with van der Waals surface area (Å²) in [6, 6.07) is 13.6. The third-order valence-electron chi connectivity index (χ3n) is 4.75. The average Bonchev–Trinajstić information content (AvgIpc) is 2.81. The van der Waals surface area contributed by atoms with Gasteiger partial charge in [0.15, 0.2) is 17.5 Å². The van der Waals surface area contributed by atoms with Gasteiger partial charge >= 0.3 is 0 Å². The number of guanidine groups is 1. The number of ether oxygens (including phenoxy) is 2. The maximum atomic E-state index is 12.0. The highest BCUT2D eigenvalue weighted by atomic mass is 16.5. The lowest BCUT2D eigenvalue weighted by Crippen LogP contribution is -2.37. The molecule has 0 heterocycles. The van der Waals surface area contributed by atoms with Crippen molar-refractivity contribution in [2.24, 2.45) is 4.99 Å². The van der Waals surface area contributed by atoms with E-state index in [2.05, 4.69) is 27.0 Å². The minimum atomic E-state index is -0.0608. The summed E-state index contributed by atoms with van der Waals surface area (Å²) >= 11 is 0. The first kappa shape index (κ1) is 25.0. The van der Waals surface area contributed by atoms with Crippen LogP contribution in [0.4, 0.5) is 0 Å². The number of rotatable bonds is 12. The van der Waals surface area contributed by atoms with Gasteiger partial charge < -0.3 is 25.4 Å². The lowest BCUT2D eigenvalue weighted by Gasteiger charge is -2.13. The lowest BCUT2D eigenvalue weighted by molar-refractivity contribution is 0.0955. The molecule has 2 aromatic rings. The van der Waals surface area contributed by atoms with E-state index in [0.29, 0.717) is 25.3 Å². The molecule has 3 N–H and O–H groups in total. The molecule has 0 spiro atoms. The van der Waals surface area contributed by atoms with Gasteiger partial charge in [0.25, 0.3) is 5.91 Å². The molecule has 174 valence electrons. The van der Waals surface area contributed by atoms with Crippen molar-refractivity contribution in [1.29, 1.82) is 0 Å². The maximum Gasteiger partial charge on any atom is 0.251 e. The number of hydrogen-bond acceptors (Lipinski definition) is 4. The topological polar surface area (TPSA) is 84.0 Å². The number of hydrogen-bond donors (Lipinski definition) is 3. The van der Waals surface area contributed by atoms with Crippen LogP contribution in [0.1, 0.15) is 48.7 Å². The highest BCUT2D eigenvalue weighted by Crippen LogP contribution is 2.28. The Morgan fingerprint density at radius 2 is 1.75 bits per heavy atom. The predicted molar refractivity (Wildman–Crippen MR) is 130 cm³/mol. The molecule has 0 aliphatic carbocycles. The van der Waals surface area contributed by atoms with Crippen molar-refractivity contribution in [3.63, 3.8) is 0 Å². The number of methoxy groups -OCH3 is 1. The first-order chi connectivity index (χ1) is 15.6. The number of nitrogens with zero attached hydrogens (tertiary/aromatic N) is 1. The van der Waals surface area contributed by atoms with E-state index in [1.807, 2.05) is 57.2 Å². The zero-order valence-corrected chi connectivity index (χ0v) is 19.7. The maximum absolute atomic E-state index is 12.0. The van der Waals surface area contributed by atoms with Gasteiger partial charge in [-0.3, -0.25) is 4.79 Å². The number of carbonyl (C=O) groups excluding carboxylic acids is 1. The van der Waals surface area contributed by atoms with Gasteiger partial charge in [0, 0.05) is 25.2 Å². The fraction of sp³-hybridized carbons (Fsp3) is 0.440. The van der Waals surface area contributed by atoms with Crippen molar-refractivity contribution in [2.75, 3.05) is 33.4 Å². The van der Waals surface area contributed by atoms with Crippen molar-refractivity contribution in [3.05, 3.63) is 59.2 Å². The zero-order valence-electron chi connectivity index (χ0n) is 19.7. The molecule has 1 amide bonds. The van der Waals surface area contributed by atoms with Gasteiger partial charge in [0.05, 0.1) is 20.3 Å². The van der Waals surface area contributed by atoms with Crippen LogP contribution in [0.3, 0.4) is 0 Å². The molecule has 0 unspecified atom stereocenters. The van der Waals surface area contributed by atoms with E-state index >= 15 is 0 Å². The summed E-state index contributed by atoms with van der Waals surface area (Å²) in [7, 11) is 1.65. The van der Waals surface area contributed by atoms with E-state index in [4.69, 9.17) is 9.47 Å². The summed E-state index contributed by atoms with van der Waals surface area (Å²) in [5, 5.41) is 9.48. The fourth-order valence-electron chi connectivity index (χ4n) is 3.23. The van der Waals surface area contributed by atoms with Crippen LogP contribution in [0.5, 0.6) is 11.5 Å². The van der Waals surface area contributed by atoms with Gasteiger partial charge in [-0.2, -0.15) is 0 Å². The first-order valence-corrected chi connectivity index (χ1v) is 11.3. The molecule has 32 heavy (non-hydrogen) atoms. The van der Waals surface area contributed by atoms with Crippen molar-refractivity contribution >= 4 is 11.9 Å². The van der Waals surface area contributed by atoms with Crippen molar-refractivity contribution in [2.45, 2.75) is 40.2 Å². The second-order valence-corrected chi connectivity index (χ2v) is 7.20. The van der Waals surface area contributed by atoms with Crippen LogP contribution >= 0.6 is 0 Å². The number of amides is 1. The number of aryl methyl sites for hydroxylation is 1. The largest absolute Gasteiger partial charge is 0.493 e. The van der Waals surface area contributed by atoms with Crippen LogP contribution in [0.2, 0.25) is 0 Å². The quantitative estimate of drug-likeness (QED) is 0.267. The Hall–Kier alpha value is -3.22. The molecular weight excluding hydrogens is 404 g/mol. The van der Waals surface area contributed by atoms with Gasteiger partial charge in [-0.15, -0.1) is 0 Å². The highest BCUT2D eigenvalue weighted by molar-refractivity contribution is 5.94. The number of benzene rings is 2. The third kappa shape index (κ3) is 8.13. The van der Waals surface area contributed by atoms with Crippen molar-refractivity contribution in [1.82, 2.24) is 16.0 Å². The summed E-state index contributed by atoms with van der Waals surface area (Å²) < 4.78 is 11.0. The standard InChI is InChI=1S/C25H36N4O3/c1-5-26-24(30)21-12-8-10-20(16-21)18-29-25(27-6-2)28-15-9-11-19-13-14-22(31-4)23(17-19)32-7-3/h8,10,12-14,16-17H,5-7,9,11,15,18H2,1-4H3,(H,26,30)(H2,27,28,29). The van der Waals surface area contributed by atoms with Gasteiger partial charge in [-0.1, -0.05) is 18.2 Å². The number of carbonyl (C=O) groups is 1. The SMILES string of the molecule is CCNC(=O)c1cccc(CN=C(NCC)NCCCc2ccc(OC)c(OCC)c2)c1. The molecule has 7 nitrogen and oxygen atoms in total. The molecular formula is C25H36N4O3. The van der Waals surface area contributed by atoms with Gasteiger partial charge in [0.1, 0.15) is 0 Å². The van der Waals surface area contributed by atoms with Crippen LogP contribution in [0.25, 0.3) is 0 Å². The van der Waals surface area contributed by atoms with Gasteiger partial charge in [-0.25, -0.2) is 4.99 Å². The molecule has 0 saturated carbocycles. The average molecular weight is 441 g/mol. The van der Waals surface area contributed by atoms with Gasteiger partial charge in [-0.05, 0) is 69.0 Å². The van der Waals surface area contributed by atoms with E-state index < -0.39 is 0 Å². The Labute approximate surface area is 191 Å². The molecule has 0 aliphatic rings. The van der Waals surface area contributed by atoms with Crippen molar-refractivity contribution in [3.8, 4) is 11.5 Å². The predicted octanol–water partition coefficient (Wildman–Crippen LogP) is 3.53. The number of aliphatic imine (C=N–C) groups is 1. The normalized spacial score (nSPS) is 11.1.